The van der Waals surface area contributed by atoms with Crippen LogP contribution < -0.4 is 5.32 Å². The molecule has 0 aromatic carbocycles. The summed E-state index contributed by atoms with van der Waals surface area (Å²) in [6, 6.07) is 0.492. The van der Waals surface area contributed by atoms with E-state index < -0.39 is 0 Å². The molecule has 0 bridgehead atoms. The molecule has 0 aliphatic heterocycles. The molecule has 1 aromatic heterocycles. The van der Waals surface area contributed by atoms with E-state index in [1.54, 1.807) is 0 Å². The third-order valence-electron chi connectivity index (χ3n) is 2.64. The second-order valence-electron chi connectivity index (χ2n) is 4.43. The van der Waals surface area contributed by atoms with Gasteiger partial charge in [-0.3, -0.25) is 0 Å². The molecule has 1 atom stereocenters. The van der Waals surface area contributed by atoms with E-state index >= 15 is 0 Å². The van der Waals surface area contributed by atoms with Gasteiger partial charge in [0.1, 0.15) is 0 Å². The maximum atomic E-state index is 4.54. The zero-order valence-corrected chi connectivity index (χ0v) is 12.3. The maximum Gasteiger partial charge on any atom is 0.203 e. The van der Waals surface area contributed by atoms with Gasteiger partial charge in [-0.2, -0.15) is 11.8 Å². The second-order valence-corrected chi connectivity index (χ2v) is 5.82. The van der Waals surface area contributed by atoms with Gasteiger partial charge in [0.05, 0.1) is 5.69 Å². The Kier molecular flexibility index (Phi) is 6.48. The summed E-state index contributed by atoms with van der Waals surface area (Å²) in [5, 5.41) is 3.51. The highest BCUT2D eigenvalue weighted by molar-refractivity contribution is 7.99. The Morgan fingerprint density at radius 2 is 2.24 bits per heavy atom. The molecule has 98 valence electrons. The largest absolute Gasteiger partial charge is 0.353 e. The number of nitrogens with zero attached hydrogens (tertiary/aromatic N) is 2. The Bertz CT molecular complexity index is 322. The van der Waals surface area contributed by atoms with Gasteiger partial charge in [0, 0.05) is 18.8 Å². The van der Waals surface area contributed by atoms with Gasteiger partial charge >= 0.3 is 0 Å². The number of nitrogens with one attached hydrogen (secondary N) is 1. The van der Waals surface area contributed by atoms with E-state index in [4.69, 9.17) is 0 Å². The Labute approximate surface area is 109 Å². The van der Waals surface area contributed by atoms with Crippen LogP contribution in [0, 0.1) is 6.92 Å². The van der Waals surface area contributed by atoms with Crippen LogP contribution in [0.4, 0.5) is 5.95 Å². The quantitative estimate of drug-likeness (QED) is 0.721. The van der Waals surface area contributed by atoms with Gasteiger partial charge in [0.15, 0.2) is 0 Å². The summed E-state index contributed by atoms with van der Waals surface area (Å²) >= 11 is 2.00. The molecule has 1 rings (SSSR count). The molecule has 1 heterocycles. The summed E-state index contributed by atoms with van der Waals surface area (Å²) in [4.78, 5) is 4.54. The van der Waals surface area contributed by atoms with Crippen LogP contribution >= 0.6 is 11.8 Å². The molecule has 0 spiro atoms. The summed E-state index contributed by atoms with van der Waals surface area (Å²) in [6.45, 7) is 9.73. The first-order chi connectivity index (χ1) is 8.17. The Morgan fingerprint density at radius 1 is 1.47 bits per heavy atom. The summed E-state index contributed by atoms with van der Waals surface area (Å²) < 4.78 is 2.22. The van der Waals surface area contributed by atoms with Crippen LogP contribution in [0.5, 0.6) is 0 Å². The molecule has 1 unspecified atom stereocenters. The minimum Gasteiger partial charge on any atom is -0.353 e. The van der Waals surface area contributed by atoms with Crippen molar-refractivity contribution in [3.63, 3.8) is 0 Å². The average Bonchev–Trinajstić information content (AvgIpc) is 2.60. The van der Waals surface area contributed by atoms with Gasteiger partial charge in [-0.05, 0) is 38.2 Å². The second kappa shape index (κ2) is 7.64. The molecule has 1 aromatic rings. The number of imidazole rings is 1. The predicted molar refractivity (Wildman–Crippen MR) is 78.0 cm³/mol. The molecule has 0 aliphatic rings. The van der Waals surface area contributed by atoms with Crippen molar-refractivity contribution in [2.24, 2.45) is 0 Å². The van der Waals surface area contributed by atoms with Crippen molar-refractivity contribution >= 4 is 17.7 Å². The zero-order chi connectivity index (χ0) is 12.7. The monoisotopic (exact) mass is 255 g/mol. The Morgan fingerprint density at radius 3 is 2.88 bits per heavy atom. The molecule has 0 aliphatic carbocycles. The standard InChI is InChI=1S/C13H25N3S/c1-5-8-16-10-12(4)15-13(16)14-11(3)7-9-17-6-2/h10-11H,5-9H2,1-4H3,(H,14,15). The molecule has 0 saturated heterocycles. The molecule has 1 N–H and O–H groups in total. The van der Waals surface area contributed by atoms with Crippen LogP contribution in [-0.4, -0.2) is 27.1 Å². The molecule has 0 fully saturated rings. The minimum atomic E-state index is 0.492. The number of rotatable bonds is 8. The third-order valence-corrected chi connectivity index (χ3v) is 3.57. The van der Waals surface area contributed by atoms with Crippen molar-refractivity contribution in [2.45, 2.75) is 53.1 Å². The lowest BCUT2D eigenvalue weighted by Crippen LogP contribution is -2.19. The first kappa shape index (κ1) is 14.4. The molecule has 3 nitrogen and oxygen atoms in total. The number of aryl methyl sites for hydroxylation is 2. The topological polar surface area (TPSA) is 29.9 Å². The number of thioether (sulfide) groups is 1. The summed E-state index contributed by atoms with van der Waals surface area (Å²) in [7, 11) is 0. The van der Waals surface area contributed by atoms with Gasteiger partial charge in [0.25, 0.3) is 0 Å². The van der Waals surface area contributed by atoms with Crippen LogP contribution in [0.15, 0.2) is 6.20 Å². The molecular formula is C13H25N3S. The van der Waals surface area contributed by atoms with Gasteiger partial charge in [-0.25, -0.2) is 4.98 Å². The summed E-state index contributed by atoms with van der Waals surface area (Å²) in [5.41, 5.74) is 1.09. The molecule has 17 heavy (non-hydrogen) atoms. The van der Waals surface area contributed by atoms with Crippen LogP contribution in [0.25, 0.3) is 0 Å². The van der Waals surface area contributed by atoms with Crippen LogP contribution in [0.1, 0.15) is 39.3 Å². The maximum absolute atomic E-state index is 4.54. The van der Waals surface area contributed by atoms with Gasteiger partial charge in [-0.1, -0.05) is 13.8 Å². The number of aromatic nitrogens is 2. The predicted octanol–water partition coefficient (Wildman–Crippen LogP) is 3.55. The molecular weight excluding hydrogens is 230 g/mol. The van der Waals surface area contributed by atoms with E-state index in [0.717, 1.165) is 24.6 Å². The van der Waals surface area contributed by atoms with E-state index in [2.05, 4.69) is 48.8 Å². The SMILES string of the molecule is CCCn1cc(C)nc1NC(C)CCSCC. The lowest BCUT2D eigenvalue weighted by molar-refractivity contribution is 0.666. The minimum absolute atomic E-state index is 0.492. The van der Waals surface area contributed by atoms with Crippen LogP contribution in [0.3, 0.4) is 0 Å². The highest BCUT2D eigenvalue weighted by atomic mass is 32.2. The van der Waals surface area contributed by atoms with E-state index in [0.29, 0.717) is 6.04 Å². The van der Waals surface area contributed by atoms with Gasteiger partial charge < -0.3 is 9.88 Å². The highest BCUT2D eigenvalue weighted by Crippen LogP contribution is 2.13. The molecule has 0 radical (unpaired) electrons. The highest BCUT2D eigenvalue weighted by Gasteiger charge is 2.08. The zero-order valence-electron chi connectivity index (χ0n) is 11.5. The summed E-state index contributed by atoms with van der Waals surface area (Å²) in [5.74, 6) is 3.45. The number of hydrogen-bond acceptors (Lipinski definition) is 3. The Balaban J connectivity index is 2.48. The number of anilines is 1. The number of hydrogen-bond donors (Lipinski definition) is 1. The first-order valence-electron chi connectivity index (χ1n) is 6.55. The molecule has 0 amide bonds. The smallest absolute Gasteiger partial charge is 0.203 e. The van der Waals surface area contributed by atoms with Crippen LogP contribution in [-0.2, 0) is 6.54 Å². The van der Waals surface area contributed by atoms with E-state index in [-0.39, 0.29) is 0 Å². The average molecular weight is 255 g/mol. The van der Waals surface area contributed by atoms with Crippen molar-refractivity contribution in [3.8, 4) is 0 Å². The van der Waals surface area contributed by atoms with E-state index in [9.17, 15) is 0 Å². The lowest BCUT2D eigenvalue weighted by atomic mass is 10.3. The normalized spacial score (nSPS) is 12.7. The van der Waals surface area contributed by atoms with Crippen molar-refractivity contribution in [2.75, 3.05) is 16.8 Å². The fourth-order valence-corrected chi connectivity index (χ4v) is 2.58. The Hall–Kier alpha value is -0.640. The van der Waals surface area contributed by atoms with Crippen molar-refractivity contribution in [3.05, 3.63) is 11.9 Å². The van der Waals surface area contributed by atoms with Gasteiger partial charge in [0.2, 0.25) is 5.95 Å². The van der Waals surface area contributed by atoms with Crippen molar-refractivity contribution < 1.29 is 0 Å². The van der Waals surface area contributed by atoms with E-state index in [1.807, 2.05) is 11.8 Å². The fourth-order valence-electron chi connectivity index (χ4n) is 1.77. The van der Waals surface area contributed by atoms with Crippen molar-refractivity contribution in [1.29, 1.82) is 0 Å². The van der Waals surface area contributed by atoms with Gasteiger partial charge in [-0.15, -0.1) is 0 Å². The fraction of sp³-hybridized carbons (Fsp3) is 0.769. The third kappa shape index (κ3) is 5.02. The van der Waals surface area contributed by atoms with E-state index in [1.165, 1.54) is 17.9 Å². The van der Waals surface area contributed by atoms with Crippen molar-refractivity contribution in [1.82, 2.24) is 9.55 Å². The summed E-state index contributed by atoms with van der Waals surface area (Å²) in [6.07, 6.45) is 4.46. The van der Waals surface area contributed by atoms with Crippen LogP contribution in [0.2, 0.25) is 0 Å². The lowest BCUT2D eigenvalue weighted by Gasteiger charge is -2.15. The molecule has 4 heteroatoms. The molecule has 0 saturated carbocycles. The first-order valence-corrected chi connectivity index (χ1v) is 7.70.